The molecule has 4 nitrogen and oxygen atoms in total. The van der Waals surface area contributed by atoms with E-state index in [1.807, 2.05) is 0 Å². The highest BCUT2D eigenvalue weighted by atomic mass is 16.5. The average Bonchev–Trinajstić information content (AvgIpc) is 2.38. The van der Waals surface area contributed by atoms with Gasteiger partial charge in [0, 0.05) is 12.4 Å². The van der Waals surface area contributed by atoms with Gasteiger partial charge in [0.25, 0.3) is 0 Å². The molecule has 0 fully saturated rings. The third kappa shape index (κ3) is 6.00. The lowest BCUT2D eigenvalue weighted by molar-refractivity contribution is 0.112. The third-order valence-electron chi connectivity index (χ3n) is 2.51. The van der Waals surface area contributed by atoms with Crippen molar-refractivity contribution in [3.05, 3.63) is 18.0 Å². The van der Waals surface area contributed by atoms with Crippen LogP contribution in [-0.4, -0.2) is 22.9 Å². The molecule has 0 bridgehead atoms. The van der Waals surface area contributed by atoms with Crippen molar-refractivity contribution in [2.75, 3.05) is 6.61 Å². The maximum Gasteiger partial charge on any atom is 0.316 e. The quantitative estimate of drug-likeness (QED) is 0.488. The molecule has 0 aliphatic rings. The van der Waals surface area contributed by atoms with E-state index >= 15 is 0 Å². The van der Waals surface area contributed by atoms with Crippen molar-refractivity contribution >= 4 is 6.29 Å². The molecule has 1 rings (SSSR count). The van der Waals surface area contributed by atoms with Crippen molar-refractivity contribution in [1.29, 1.82) is 0 Å². The Morgan fingerprint density at radius 2 is 1.76 bits per heavy atom. The number of rotatable bonds is 9. The summed E-state index contributed by atoms with van der Waals surface area (Å²) in [5.41, 5.74) is 0.469. The minimum atomic E-state index is 0.351. The van der Waals surface area contributed by atoms with Crippen molar-refractivity contribution in [1.82, 2.24) is 9.97 Å². The summed E-state index contributed by atoms with van der Waals surface area (Å²) >= 11 is 0. The number of unbranched alkanes of at least 4 members (excludes halogenated alkanes) is 5. The van der Waals surface area contributed by atoms with Crippen molar-refractivity contribution in [2.24, 2.45) is 0 Å². The topological polar surface area (TPSA) is 52.1 Å². The van der Waals surface area contributed by atoms with Crippen LogP contribution in [0.25, 0.3) is 0 Å². The van der Waals surface area contributed by atoms with Crippen LogP contribution in [0.1, 0.15) is 55.8 Å². The molecule has 4 heteroatoms. The summed E-state index contributed by atoms with van der Waals surface area (Å²) in [7, 11) is 0. The van der Waals surface area contributed by atoms with Crippen molar-refractivity contribution in [2.45, 2.75) is 45.4 Å². The predicted molar refractivity (Wildman–Crippen MR) is 66.3 cm³/mol. The minimum absolute atomic E-state index is 0.351. The van der Waals surface area contributed by atoms with Gasteiger partial charge in [0.2, 0.25) is 0 Å². The lowest BCUT2D eigenvalue weighted by atomic mass is 10.1. The van der Waals surface area contributed by atoms with Crippen LogP contribution in [0.4, 0.5) is 0 Å². The number of carbonyl (C=O) groups excluding carboxylic acids is 1. The van der Waals surface area contributed by atoms with Gasteiger partial charge in [-0.25, -0.2) is 9.97 Å². The summed E-state index contributed by atoms with van der Waals surface area (Å²) in [6.45, 7) is 2.86. The maximum atomic E-state index is 10.4. The number of hydrogen-bond donors (Lipinski definition) is 0. The molecule has 0 aliphatic carbocycles. The first-order chi connectivity index (χ1) is 8.36. The normalized spacial score (nSPS) is 10.2. The smallest absolute Gasteiger partial charge is 0.316 e. The first kappa shape index (κ1) is 13.6. The van der Waals surface area contributed by atoms with Gasteiger partial charge in [0.15, 0.2) is 6.29 Å². The van der Waals surface area contributed by atoms with Crippen molar-refractivity contribution in [3.8, 4) is 6.01 Å². The van der Waals surface area contributed by atoms with Crippen molar-refractivity contribution < 1.29 is 9.53 Å². The molecule has 0 aliphatic heterocycles. The Morgan fingerprint density at radius 3 is 2.41 bits per heavy atom. The summed E-state index contributed by atoms with van der Waals surface area (Å²) in [4.78, 5) is 18.2. The van der Waals surface area contributed by atoms with Gasteiger partial charge in [-0.2, -0.15) is 0 Å². The van der Waals surface area contributed by atoms with Crippen LogP contribution in [0.2, 0.25) is 0 Å². The zero-order valence-corrected chi connectivity index (χ0v) is 10.4. The van der Waals surface area contributed by atoms with E-state index < -0.39 is 0 Å². The largest absolute Gasteiger partial charge is 0.463 e. The van der Waals surface area contributed by atoms with Gasteiger partial charge in [0.1, 0.15) is 0 Å². The number of nitrogens with zero attached hydrogens (tertiary/aromatic N) is 2. The Bertz CT molecular complexity index is 312. The summed E-state index contributed by atoms with van der Waals surface area (Å²) in [6, 6.07) is 0.351. The maximum absolute atomic E-state index is 10.4. The summed E-state index contributed by atoms with van der Waals surface area (Å²) in [5, 5.41) is 0. The standard InChI is InChI=1S/C13H20N2O2/c1-2-3-4-5-6-7-8-17-13-14-9-12(11-16)10-15-13/h9-11H,2-8H2,1H3. The predicted octanol–water partition coefficient (Wildman–Crippen LogP) is 3.03. The molecule has 1 heterocycles. The van der Waals surface area contributed by atoms with E-state index in [9.17, 15) is 4.79 Å². The second-order valence-electron chi connectivity index (χ2n) is 4.03. The van der Waals surface area contributed by atoms with E-state index in [0.29, 0.717) is 18.2 Å². The molecule has 0 unspecified atom stereocenters. The van der Waals surface area contributed by atoms with Crippen LogP contribution in [-0.2, 0) is 0 Å². The van der Waals surface area contributed by atoms with E-state index in [0.717, 1.165) is 12.7 Å². The molecular weight excluding hydrogens is 216 g/mol. The summed E-state index contributed by atoms with van der Waals surface area (Å²) < 4.78 is 5.37. The Morgan fingerprint density at radius 1 is 1.12 bits per heavy atom. The highest BCUT2D eigenvalue weighted by Gasteiger charge is 1.97. The molecule has 0 N–H and O–H groups in total. The van der Waals surface area contributed by atoms with Crippen LogP contribution >= 0.6 is 0 Å². The van der Waals surface area contributed by atoms with Crippen LogP contribution in [0, 0.1) is 0 Å². The Labute approximate surface area is 102 Å². The van der Waals surface area contributed by atoms with Gasteiger partial charge >= 0.3 is 6.01 Å². The fourth-order valence-corrected chi connectivity index (χ4v) is 1.51. The van der Waals surface area contributed by atoms with Crippen LogP contribution in [0.5, 0.6) is 6.01 Å². The first-order valence-corrected chi connectivity index (χ1v) is 6.27. The molecule has 0 atom stereocenters. The molecule has 0 amide bonds. The number of hydrogen-bond acceptors (Lipinski definition) is 4. The summed E-state index contributed by atoms with van der Waals surface area (Å²) in [5.74, 6) is 0. The number of carbonyl (C=O) groups is 1. The molecule has 0 spiro atoms. The van der Waals surface area contributed by atoms with Crippen LogP contribution in [0.15, 0.2) is 12.4 Å². The number of ether oxygens (including phenoxy) is 1. The minimum Gasteiger partial charge on any atom is -0.463 e. The lowest BCUT2D eigenvalue weighted by Crippen LogP contribution is -2.01. The number of aldehydes is 1. The number of aromatic nitrogens is 2. The fraction of sp³-hybridized carbons (Fsp3) is 0.615. The van der Waals surface area contributed by atoms with E-state index in [1.165, 1.54) is 44.5 Å². The van der Waals surface area contributed by atoms with Gasteiger partial charge < -0.3 is 4.74 Å². The Kier molecular flexibility index (Phi) is 6.95. The molecule has 1 aromatic heterocycles. The van der Waals surface area contributed by atoms with Gasteiger partial charge in [0.05, 0.1) is 12.2 Å². The highest BCUT2D eigenvalue weighted by Crippen LogP contribution is 2.06. The Balaban J connectivity index is 2.07. The summed E-state index contributed by atoms with van der Waals surface area (Å²) in [6.07, 6.45) is 11.0. The van der Waals surface area contributed by atoms with E-state index in [4.69, 9.17) is 4.74 Å². The second kappa shape index (κ2) is 8.67. The molecule has 17 heavy (non-hydrogen) atoms. The zero-order chi connectivity index (χ0) is 12.3. The third-order valence-corrected chi connectivity index (χ3v) is 2.51. The van der Waals surface area contributed by atoms with Crippen LogP contribution < -0.4 is 4.74 Å². The Hall–Kier alpha value is -1.45. The lowest BCUT2D eigenvalue weighted by Gasteiger charge is -2.03. The van der Waals surface area contributed by atoms with Gasteiger partial charge in [-0.3, -0.25) is 4.79 Å². The average molecular weight is 236 g/mol. The fourth-order valence-electron chi connectivity index (χ4n) is 1.51. The second-order valence-corrected chi connectivity index (χ2v) is 4.03. The molecule has 0 radical (unpaired) electrons. The van der Waals surface area contributed by atoms with E-state index in [2.05, 4.69) is 16.9 Å². The van der Waals surface area contributed by atoms with Gasteiger partial charge in [-0.1, -0.05) is 39.0 Å². The molecule has 1 aromatic rings. The SMILES string of the molecule is CCCCCCCCOc1ncc(C=O)cn1. The zero-order valence-electron chi connectivity index (χ0n) is 10.4. The van der Waals surface area contributed by atoms with E-state index in [-0.39, 0.29) is 0 Å². The monoisotopic (exact) mass is 236 g/mol. The van der Waals surface area contributed by atoms with Crippen molar-refractivity contribution in [3.63, 3.8) is 0 Å². The van der Waals surface area contributed by atoms with E-state index in [1.54, 1.807) is 0 Å². The van der Waals surface area contributed by atoms with Gasteiger partial charge in [-0.05, 0) is 6.42 Å². The highest BCUT2D eigenvalue weighted by molar-refractivity contribution is 5.73. The molecule has 94 valence electrons. The molecule has 0 saturated carbocycles. The molecule has 0 saturated heterocycles. The van der Waals surface area contributed by atoms with Gasteiger partial charge in [-0.15, -0.1) is 0 Å². The first-order valence-electron chi connectivity index (χ1n) is 6.27. The molecule has 0 aromatic carbocycles. The van der Waals surface area contributed by atoms with Crippen LogP contribution in [0.3, 0.4) is 0 Å². The molecular formula is C13H20N2O2.